The van der Waals surface area contributed by atoms with Gasteiger partial charge in [-0.3, -0.25) is 9.99 Å². The van der Waals surface area contributed by atoms with Crippen molar-refractivity contribution in [3.05, 3.63) is 18.7 Å². The second kappa shape index (κ2) is 6.07. The Kier molecular flexibility index (Phi) is 4.21. The molecule has 1 unspecified atom stereocenters. The number of imidazole rings is 1. The van der Waals surface area contributed by atoms with Crippen LogP contribution in [-0.4, -0.2) is 44.3 Å². The number of hydrogen-bond acceptors (Lipinski definition) is 8. The lowest BCUT2D eigenvalue weighted by Crippen LogP contribution is -2.24. The molecule has 9 heteroatoms. The van der Waals surface area contributed by atoms with E-state index in [1.54, 1.807) is 30.4 Å². The van der Waals surface area contributed by atoms with Crippen LogP contribution in [0.25, 0.3) is 5.95 Å². The van der Waals surface area contributed by atoms with Gasteiger partial charge in [0.15, 0.2) is 0 Å². The molecule has 0 radical (unpaired) electrons. The number of nitrogens with zero attached hydrogens (tertiary/aromatic N) is 5. The summed E-state index contributed by atoms with van der Waals surface area (Å²) in [5.74, 6) is 6.46. The SMILES string of the molecule is COCC(C)Nc1nc(NN)nc(-n2ccnc2)n1. The van der Waals surface area contributed by atoms with Gasteiger partial charge in [-0.25, -0.2) is 10.8 Å². The van der Waals surface area contributed by atoms with Crippen LogP contribution in [0.5, 0.6) is 0 Å². The van der Waals surface area contributed by atoms with Gasteiger partial charge in [-0.05, 0) is 6.92 Å². The third-order valence-corrected chi connectivity index (χ3v) is 2.28. The molecule has 2 rings (SSSR count). The number of anilines is 2. The van der Waals surface area contributed by atoms with Crippen LogP contribution in [-0.2, 0) is 4.74 Å². The number of nitrogens with two attached hydrogens (primary N) is 1. The number of nitrogens with one attached hydrogen (secondary N) is 2. The molecule has 1 atom stereocenters. The Bertz CT molecular complexity index is 514. The Morgan fingerprint density at radius 3 is 2.79 bits per heavy atom. The van der Waals surface area contributed by atoms with Gasteiger partial charge in [0.25, 0.3) is 0 Å². The number of rotatable bonds is 6. The van der Waals surface area contributed by atoms with Crippen molar-refractivity contribution >= 4 is 11.9 Å². The number of hydrazine groups is 1. The van der Waals surface area contributed by atoms with Crippen molar-refractivity contribution in [3.63, 3.8) is 0 Å². The maximum atomic E-state index is 5.35. The highest BCUT2D eigenvalue weighted by molar-refractivity contribution is 5.37. The van der Waals surface area contributed by atoms with Gasteiger partial charge in [0.1, 0.15) is 6.33 Å². The quantitative estimate of drug-likeness (QED) is 0.485. The number of ether oxygens (including phenoxy) is 1. The highest BCUT2D eigenvalue weighted by Gasteiger charge is 2.09. The molecule has 0 saturated carbocycles. The first-order chi connectivity index (χ1) is 9.22. The van der Waals surface area contributed by atoms with Crippen LogP contribution >= 0.6 is 0 Å². The summed E-state index contributed by atoms with van der Waals surface area (Å²) in [6.07, 6.45) is 4.97. The number of aromatic nitrogens is 5. The van der Waals surface area contributed by atoms with Gasteiger partial charge in [0.2, 0.25) is 17.8 Å². The van der Waals surface area contributed by atoms with E-state index in [4.69, 9.17) is 10.6 Å². The summed E-state index contributed by atoms with van der Waals surface area (Å²) in [6.45, 7) is 2.50. The highest BCUT2D eigenvalue weighted by atomic mass is 16.5. The normalized spacial score (nSPS) is 12.2. The molecule has 0 aliphatic heterocycles. The average Bonchev–Trinajstić information content (AvgIpc) is 2.92. The van der Waals surface area contributed by atoms with Crippen LogP contribution in [0, 0.1) is 0 Å². The molecule has 0 aromatic carbocycles. The van der Waals surface area contributed by atoms with E-state index in [0.29, 0.717) is 18.5 Å². The summed E-state index contributed by atoms with van der Waals surface area (Å²) in [4.78, 5) is 16.5. The predicted molar refractivity (Wildman–Crippen MR) is 69.7 cm³/mol. The van der Waals surface area contributed by atoms with Crippen LogP contribution in [0.15, 0.2) is 18.7 Å². The molecule has 0 saturated heterocycles. The fourth-order valence-electron chi connectivity index (χ4n) is 1.50. The highest BCUT2D eigenvalue weighted by Crippen LogP contribution is 2.09. The molecule has 0 amide bonds. The topological polar surface area (TPSA) is 116 Å². The summed E-state index contributed by atoms with van der Waals surface area (Å²) < 4.78 is 6.71. The standard InChI is InChI=1S/C10H16N8O/c1-7(5-19-2)13-8-14-9(17-11)16-10(15-8)18-4-3-12-6-18/h3-4,6-7H,5,11H2,1-2H3,(H2,13,14,15,16,17). The fourth-order valence-corrected chi connectivity index (χ4v) is 1.50. The van der Waals surface area contributed by atoms with Crippen molar-refractivity contribution in [1.82, 2.24) is 24.5 Å². The van der Waals surface area contributed by atoms with E-state index in [0.717, 1.165) is 0 Å². The molecule has 0 aliphatic rings. The first-order valence-corrected chi connectivity index (χ1v) is 5.69. The van der Waals surface area contributed by atoms with Gasteiger partial charge in [0, 0.05) is 25.5 Å². The van der Waals surface area contributed by atoms with Crippen LogP contribution in [0.3, 0.4) is 0 Å². The first kappa shape index (κ1) is 13.2. The molecule has 0 spiro atoms. The van der Waals surface area contributed by atoms with Gasteiger partial charge in [-0.2, -0.15) is 15.0 Å². The number of nitrogen functional groups attached to an aromatic ring is 1. The Morgan fingerprint density at radius 2 is 2.16 bits per heavy atom. The number of hydrogen-bond donors (Lipinski definition) is 3. The van der Waals surface area contributed by atoms with Crippen molar-refractivity contribution in [2.75, 3.05) is 24.5 Å². The maximum absolute atomic E-state index is 5.35. The smallest absolute Gasteiger partial charge is 0.243 e. The summed E-state index contributed by atoms with van der Waals surface area (Å²) in [7, 11) is 1.63. The largest absolute Gasteiger partial charge is 0.383 e. The Labute approximate surface area is 110 Å². The first-order valence-electron chi connectivity index (χ1n) is 5.69. The third kappa shape index (κ3) is 3.36. The lowest BCUT2D eigenvalue weighted by atomic mass is 10.4. The second-order valence-corrected chi connectivity index (χ2v) is 3.90. The van der Waals surface area contributed by atoms with E-state index in [1.165, 1.54) is 0 Å². The maximum Gasteiger partial charge on any atom is 0.243 e. The van der Waals surface area contributed by atoms with Gasteiger partial charge in [-0.15, -0.1) is 0 Å². The predicted octanol–water partition coefficient (Wildman–Crippen LogP) is -0.210. The Morgan fingerprint density at radius 1 is 1.37 bits per heavy atom. The second-order valence-electron chi connectivity index (χ2n) is 3.90. The molecule has 2 aromatic rings. The molecule has 0 fully saturated rings. The van der Waals surface area contributed by atoms with Crippen LogP contribution in [0.1, 0.15) is 6.92 Å². The summed E-state index contributed by atoms with van der Waals surface area (Å²) in [5, 5.41) is 3.10. The molecule has 0 aliphatic carbocycles. The van der Waals surface area contributed by atoms with E-state index >= 15 is 0 Å². The van der Waals surface area contributed by atoms with E-state index in [2.05, 4.69) is 30.7 Å². The Hall–Kier alpha value is -2.26. The molecule has 2 heterocycles. The van der Waals surface area contributed by atoms with Crippen molar-refractivity contribution in [3.8, 4) is 5.95 Å². The molecule has 2 aromatic heterocycles. The number of methoxy groups -OCH3 is 1. The zero-order chi connectivity index (χ0) is 13.7. The van der Waals surface area contributed by atoms with Crippen molar-refractivity contribution in [1.29, 1.82) is 0 Å². The third-order valence-electron chi connectivity index (χ3n) is 2.28. The molecule has 9 nitrogen and oxygen atoms in total. The van der Waals surface area contributed by atoms with Crippen LogP contribution in [0.2, 0.25) is 0 Å². The molecule has 102 valence electrons. The molecule has 0 bridgehead atoms. The summed E-state index contributed by atoms with van der Waals surface area (Å²) in [6, 6.07) is 0.0636. The van der Waals surface area contributed by atoms with Gasteiger partial charge >= 0.3 is 0 Å². The Balaban J connectivity index is 2.26. The van der Waals surface area contributed by atoms with Gasteiger partial charge in [-0.1, -0.05) is 0 Å². The lowest BCUT2D eigenvalue weighted by Gasteiger charge is -2.13. The average molecular weight is 264 g/mol. The lowest BCUT2D eigenvalue weighted by molar-refractivity contribution is 0.190. The van der Waals surface area contributed by atoms with E-state index in [-0.39, 0.29) is 12.0 Å². The van der Waals surface area contributed by atoms with E-state index in [1.807, 2.05) is 6.92 Å². The minimum absolute atomic E-state index is 0.0636. The van der Waals surface area contributed by atoms with Crippen LogP contribution in [0.4, 0.5) is 11.9 Å². The van der Waals surface area contributed by atoms with E-state index in [9.17, 15) is 0 Å². The minimum Gasteiger partial charge on any atom is -0.383 e. The van der Waals surface area contributed by atoms with Crippen molar-refractivity contribution in [2.45, 2.75) is 13.0 Å². The van der Waals surface area contributed by atoms with Crippen molar-refractivity contribution < 1.29 is 4.74 Å². The molecule has 4 N–H and O–H groups in total. The molecule has 19 heavy (non-hydrogen) atoms. The zero-order valence-electron chi connectivity index (χ0n) is 10.7. The van der Waals surface area contributed by atoms with Gasteiger partial charge < -0.3 is 10.1 Å². The fraction of sp³-hybridized carbons (Fsp3) is 0.400. The monoisotopic (exact) mass is 264 g/mol. The minimum atomic E-state index is 0.0636. The molecular weight excluding hydrogens is 248 g/mol. The van der Waals surface area contributed by atoms with Crippen molar-refractivity contribution in [2.24, 2.45) is 5.84 Å². The summed E-state index contributed by atoms with van der Waals surface area (Å²) in [5.41, 5.74) is 2.41. The summed E-state index contributed by atoms with van der Waals surface area (Å²) >= 11 is 0. The zero-order valence-corrected chi connectivity index (χ0v) is 10.7. The molecular formula is C10H16N8O. The van der Waals surface area contributed by atoms with Crippen LogP contribution < -0.4 is 16.6 Å². The van der Waals surface area contributed by atoms with Gasteiger partial charge in [0.05, 0.1) is 6.61 Å². The van der Waals surface area contributed by atoms with E-state index < -0.39 is 0 Å².